The van der Waals surface area contributed by atoms with Crippen LogP contribution in [-0.4, -0.2) is 47.6 Å². The van der Waals surface area contributed by atoms with Crippen molar-refractivity contribution in [1.82, 2.24) is 10.2 Å². The van der Waals surface area contributed by atoms with Gasteiger partial charge in [0.25, 0.3) is 0 Å². The Kier molecular flexibility index (Phi) is 6.03. The first-order chi connectivity index (χ1) is 10.1. The van der Waals surface area contributed by atoms with Crippen molar-refractivity contribution in [1.29, 1.82) is 0 Å². The largest absolute Gasteiger partial charge is 0.393 e. The molecule has 0 bridgehead atoms. The molecule has 0 aromatic heterocycles. The summed E-state index contributed by atoms with van der Waals surface area (Å²) in [5.74, 6) is 0.644. The van der Waals surface area contributed by atoms with Gasteiger partial charge in [0.1, 0.15) is 0 Å². The molecule has 1 heterocycles. The minimum Gasteiger partial charge on any atom is -0.393 e. The molecule has 2 fully saturated rings. The van der Waals surface area contributed by atoms with E-state index in [1.165, 1.54) is 12.8 Å². The first kappa shape index (κ1) is 16.3. The quantitative estimate of drug-likeness (QED) is 0.803. The molecule has 0 spiro atoms. The molecule has 2 unspecified atom stereocenters. The molecule has 21 heavy (non-hydrogen) atoms. The highest BCUT2D eigenvalue weighted by Crippen LogP contribution is 2.27. The SMILES string of the molecule is CC(O)C1CCCN(C(=O)CNC(=O)CC2CCCC2)C1. The van der Waals surface area contributed by atoms with Crippen LogP contribution < -0.4 is 5.32 Å². The third-order valence-electron chi connectivity index (χ3n) is 4.88. The van der Waals surface area contributed by atoms with Crippen molar-refractivity contribution in [3.05, 3.63) is 0 Å². The molecular formula is C16H28N2O3. The zero-order chi connectivity index (χ0) is 15.2. The molecule has 2 N–H and O–H groups in total. The number of likely N-dealkylation sites (tertiary alicyclic amines) is 1. The van der Waals surface area contributed by atoms with E-state index in [0.717, 1.165) is 32.2 Å². The summed E-state index contributed by atoms with van der Waals surface area (Å²) in [4.78, 5) is 25.7. The molecule has 5 nitrogen and oxygen atoms in total. The third kappa shape index (κ3) is 4.99. The van der Waals surface area contributed by atoms with Crippen LogP contribution in [0.3, 0.4) is 0 Å². The second-order valence-electron chi connectivity index (χ2n) is 6.61. The summed E-state index contributed by atoms with van der Waals surface area (Å²) in [5, 5.41) is 12.4. The number of aliphatic hydroxyl groups is 1. The minimum absolute atomic E-state index is 0.000615. The lowest BCUT2D eigenvalue weighted by Crippen LogP contribution is -2.47. The van der Waals surface area contributed by atoms with E-state index in [2.05, 4.69) is 5.32 Å². The molecule has 0 aromatic rings. The van der Waals surface area contributed by atoms with Crippen molar-refractivity contribution >= 4 is 11.8 Å². The van der Waals surface area contributed by atoms with Gasteiger partial charge in [0.05, 0.1) is 12.6 Å². The van der Waals surface area contributed by atoms with Crippen molar-refractivity contribution < 1.29 is 14.7 Å². The van der Waals surface area contributed by atoms with Crippen molar-refractivity contribution in [3.63, 3.8) is 0 Å². The van der Waals surface area contributed by atoms with E-state index < -0.39 is 0 Å². The lowest BCUT2D eigenvalue weighted by molar-refractivity contribution is -0.135. The highest BCUT2D eigenvalue weighted by atomic mass is 16.3. The van der Waals surface area contributed by atoms with Gasteiger partial charge in [0.2, 0.25) is 11.8 Å². The van der Waals surface area contributed by atoms with Crippen molar-refractivity contribution in [2.75, 3.05) is 19.6 Å². The number of piperidine rings is 1. The van der Waals surface area contributed by atoms with Gasteiger partial charge in [-0.3, -0.25) is 9.59 Å². The van der Waals surface area contributed by atoms with Crippen molar-refractivity contribution in [3.8, 4) is 0 Å². The summed E-state index contributed by atoms with van der Waals surface area (Å²) in [6.45, 7) is 3.22. The van der Waals surface area contributed by atoms with Gasteiger partial charge in [0.15, 0.2) is 0 Å². The number of nitrogens with one attached hydrogen (secondary N) is 1. The highest BCUT2D eigenvalue weighted by Gasteiger charge is 2.26. The summed E-state index contributed by atoms with van der Waals surface area (Å²) < 4.78 is 0. The summed E-state index contributed by atoms with van der Waals surface area (Å²) in [7, 11) is 0. The Morgan fingerprint density at radius 3 is 2.62 bits per heavy atom. The Hall–Kier alpha value is -1.10. The van der Waals surface area contributed by atoms with Crippen LogP contribution in [0.4, 0.5) is 0 Å². The normalized spacial score (nSPS) is 24.9. The smallest absolute Gasteiger partial charge is 0.241 e. The van der Waals surface area contributed by atoms with E-state index in [4.69, 9.17) is 0 Å². The number of hydrogen-bond donors (Lipinski definition) is 2. The molecule has 2 amide bonds. The van der Waals surface area contributed by atoms with Gasteiger partial charge in [-0.05, 0) is 38.5 Å². The first-order valence-corrected chi connectivity index (χ1v) is 8.29. The second kappa shape index (κ2) is 7.78. The third-order valence-corrected chi connectivity index (χ3v) is 4.88. The number of carbonyl (C=O) groups excluding carboxylic acids is 2. The molecule has 1 aliphatic heterocycles. The molecule has 1 saturated heterocycles. The number of carbonyl (C=O) groups is 2. The number of rotatable bonds is 5. The summed E-state index contributed by atoms with van der Waals surface area (Å²) in [5.41, 5.74) is 0. The van der Waals surface area contributed by atoms with Gasteiger partial charge in [-0.2, -0.15) is 0 Å². The van der Waals surface area contributed by atoms with Gasteiger partial charge < -0.3 is 15.3 Å². The molecule has 120 valence electrons. The molecule has 5 heteroatoms. The van der Waals surface area contributed by atoms with Crippen LogP contribution in [0.2, 0.25) is 0 Å². The van der Waals surface area contributed by atoms with Crippen molar-refractivity contribution in [2.24, 2.45) is 11.8 Å². The van der Waals surface area contributed by atoms with Crippen LogP contribution in [0.15, 0.2) is 0 Å². The van der Waals surface area contributed by atoms with Crippen LogP contribution in [0, 0.1) is 11.8 Å². The Bertz CT molecular complexity index is 365. The van der Waals surface area contributed by atoms with Gasteiger partial charge in [-0.1, -0.05) is 12.8 Å². The van der Waals surface area contributed by atoms with Crippen LogP contribution >= 0.6 is 0 Å². The Morgan fingerprint density at radius 2 is 1.95 bits per heavy atom. The number of hydrogen-bond acceptors (Lipinski definition) is 3. The highest BCUT2D eigenvalue weighted by molar-refractivity contribution is 5.84. The summed E-state index contributed by atoms with van der Waals surface area (Å²) >= 11 is 0. The Balaban J connectivity index is 1.69. The molecular weight excluding hydrogens is 268 g/mol. The first-order valence-electron chi connectivity index (χ1n) is 8.29. The monoisotopic (exact) mass is 296 g/mol. The summed E-state index contributed by atoms with van der Waals surface area (Å²) in [6, 6.07) is 0. The van der Waals surface area contributed by atoms with Crippen LogP contribution in [0.1, 0.15) is 51.9 Å². The molecule has 0 aromatic carbocycles. The number of nitrogens with zero attached hydrogens (tertiary/aromatic N) is 1. The van der Waals surface area contributed by atoms with E-state index >= 15 is 0 Å². The predicted octanol–water partition coefficient (Wildman–Crippen LogP) is 1.30. The lowest BCUT2D eigenvalue weighted by Gasteiger charge is -2.34. The fourth-order valence-electron chi connectivity index (χ4n) is 3.47. The van der Waals surface area contributed by atoms with Gasteiger partial charge in [-0.25, -0.2) is 0 Å². The maximum Gasteiger partial charge on any atom is 0.241 e. The van der Waals surface area contributed by atoms with E-state index in [1.54, 1.807) is 11.8 Å². The zero-order valence-electron chi connectivity index (χ0n) is 13.0. The molecule has 0 radical (unpaired) electrons. The molecule has 2 rings (SSSR count). The van der Waals surface area contributed by atoms with E-state index in [1.807, 2.05) is 0 Å². The van der Waals surface area contributed by atoms with Crippen LogP contribution in [0.5, 0.6) is 0 Å². The predicted molar refractivity (Wildman–Crippen MR) is 80.6 cm³/mol. The lowest BCUT2D eigenvalue weighted by atomic mass is 9.93. The molecule has 1 saturated carbocycles. The molecule has 1 aliphatic carbocycles. The zero-order valence-corrected chi connectivity index (χ0v) is 13.0. The average molecular weight is 296 g/mol. The van der Waals surface area contributed by atoms with Crippen LogP contribution in [-0.2, 0) is 9.59 Å². The number of amides is 2. The molecule has 2 aliphatic rings. The van der Waals surface area contributed by atoms with Gasteiger partial charge >= 0.3 is 0 Å². The maximum atomic E-state index is 12.1. The van der Waals surface area contributed by atoms with Crippen LogP contribution in [0.25, 0.3) is 0 Å². The Morgan fingerprint density at radius 1 is 1.24 bits per heavy atom. The average Bonchev–Trinajstić information content (AvgIpc) is 2.97. The van der Waals surface area contributed by atoms with Gasteiger partial charge in [-0.15, -0.1) is 0 Å². The van der Waals surface area contributed by atoms with Gasteiger partial charge in [0, 0.05) is 25.4 Å². The van der Waals surface area contributed by atoms with E-state index in [9.17, 15) is 14.7 Å². The second-order valence-corrected chi connectivity index (χ2v) is 6.61. The summed E-state index contributed by atoms with van der Waals surface area (Å²) in [6.07, 6.45) is 6.82. The van der Waals surface area contributed by atoms with E-state index in [0.29, 0.717) is 18.9 Å². The maximum absolute atomic E-state index is 12.1. The fourth-order valence-corrected chi connectivity index (χ4v) is 3.47. The standard InChI is InChI=1S/C16H28N2O3/c1-12(19)14-7-4-8-18(11-14)16(21)10-17-15(20)9-13-5-2-3-6-13/h12-14,19H,2-11H2,1H3,(H,17,20). The van der Waals surface area contributed by atoms with Crippen molar-refractivity contribution in [2.45, 2.75) is 58.0 Å². The topological polar surface area (TPSA) is 69.6 Å². The Labute approximate surface area is 127 Å². The van der Waals surface area contributed by atoms with E-state index in [-0.39, 0.29) is 30.4 Å². The minimum atomic E-state index is -0.377. The molecule has 2 atom stereocenters. The fraction of sp³-hybridized carbons (Fsp3) is 0.875. The number of aliphatic hydroxyl groups excluding tert-OH is 1.